The van der Waals surface area contributed by atoms with Crippen molar-refractivity contribution in [3.05, 3.63) is 11.8 Å². The standard InChI is InChI=1S/C8H15NO2/c1-4-7(3)6-9-8(10)11-5-2/h6H,4-5H2,1-3H3,(H,9,10)/b7-6-. The van der Waals surface area contributed by atoms with E-state index in [0.717, 1.165) is 12.0 Å². The van der Waals surface area contributed by atoms with Gasteiger partial charge in [0, 0.05) is 6.20 Å². The summed E-state index contributed by atoms with van der Waals surface area (Å²) in [6, 6.07) is 0. The summed E-state index contributed by atoms with van der Waals surface area (Å²) in [4.78, 5) is 10.7. The van der Waals surface area contributed by atoms with Crippen LogP contribution in [0.2, 0.25) is 0 Å². The molecular formula is C8H15NO2. The minimum absolute atomic E-state index is 0.389. The van der Waals surface area contributed by atoms with Gasteiger partial charge in [-0.05, 0) is 20.3 Å². The number of carbonyl (C=O) groups is 1. The molecule has 0 aromatic carbocycles. The molecule has 0 saturated carbocycles. The number of allylic oxidation sites excluding steroid dienone is 1. The Morgan fingerprint density at radius 3 is 2.64 bits per heavy atom. The predicted molar refractivity (Wildman–Crippen MR) is 44.2 cm³/mol. The largest absolute Gasteiger partial charge is 0.450 e. The fourth-order valence-electron chi connectivity index (χ4n) is 0.457. The molecule has 0 aromatic rings. The lowest BCUT2D eigenvalue weighted by Gasteiger charge is -2.00. The Labute approximate surface area is 67.4 Å². The van der Waals surface area contributed by atoms with Gasteiger partial charge in [0.25, 0.3) is 0 Å². The molecule has 0 rings (SSSR count). The average molecular weight is 157 g/mol. The predicted octanol–water partition coefficient (Wildman–Crippen LogP) is 2.05. The third-order valence-corrected chi connectivity index (χ3v) is 1.27. The summed E-state index contributed by atoms with van der Waals surface area (Å²) in [7, 11) is 0. The first-order chi connectivity index (χ1) is 5.20. The lowest BCUT2D eigenvalue weighted by molar-refractivity contribution is 0.156. The summed E-state index contributed by atoms with van der Waals surface area (Å²) in [5.41, 5.74) is 1.12. The van der Waals surface area contributed by atoms with Gasteiger partial charge in [0.2, 0.25) is 0 Å². The van der Waals surface area contributed by atoms with E-state index in [2.05, 4.69) is 10.1 Å². The fraction of sp³-hybridized carbons (Fsp3) is 0.625. The molecule has 1 amide bonds. The molecule has 3 nitrogen and oxygen atoms in total. The molecule has 0 atom stereocenters. The van der Waals surface area contributed by atoms with Gasteiger partial charge in [0.1, 0.15) is 0 Å². The van der Waals surface area contributed by atoms with E-state index in [1.807, 2.05) is 13.8 Å². The van der Waals surface area contributed by atoms with E-state index in [1.165, 1.54) is 0 Å². The summed E-state index contributed by atoms with van der Waals surface area (Å²) in [6.07, 6.45) is 2.21. The van der Waals surface area contributed by atoms with Crippen molar-refractivity contribution in [2.75, 3.05) is 6.61 Å². The van der Waals surface area contributed by atoms with Crippen LogP contribution in [0.4, 0.5) is 4.79 Å². The zero-order valence-corrected chi connectivity index (χ0v) is 7.31. The Hall–Kier alpha value is -0.990. The highest BCUT2D eigenvalue weighted by Crippen LogP contribution is 1.94. The molecule has 0 aliphatic heterocycles. The third-order valence-electron chi connectivity index (χ3n) is 1.27. The monoisotopic (exact) mass is 157 g/mol. The number of nitrogens with one attached hydrogen (secondary N) is 1. The van der Waals surface area contributed by atoms with Crippen molar-refractivity contribution in [1.82, 2.24) is 5.32 Å². The molecule has 1 N–H and O–H groups in total. The van der Waals surface area contributed by atoms with Gasteiger partial charge in [0.05, 0.1) is 6.61 Å². The van der Waals surface area contributed by atoms with Crippen LogP contribution in [0.3, 0.4) is 0 Å². The number of ether oxygens (including phenoxy) is 1. The Kier molecular flexibility index (Phi) is 5.25. The lowest BCUT2D eigenvalue weighted by atomic mass is 10.3. The molecular weight excluding hydrogens is 142 g/mol. The number of alkyl carbamates (subject to hydrolysis) is 1. The van der Waals surface area contributed by atoms with Gasteiger partial charge in [-0.25, -0.2) is 4.79 Å². The van der Waals surface area contributed by atoms with E-state index in [-0.39, 0.29) is 6.09 Å². The number of hydrogen-bond acceptors (Lipinski definition) is 2. The van der Waals surface area contributed by atoms with Crippen molar-refractivity contribution in [1.29, 1.82) is 0 Å². The van der Waals surface area contributed by atoms with Crippen molar-refractivity contribution in [3.8, 4) is 0 Å². The normalized spacial score (nSPS) is 11.0. The highest BCUT2D eigenvalue weighted by molar-refractivity contribution is 5.68. The molecule has 0 saturated heterocycles. The fourth-order valence-corrected chi connectivity index (χ4v) is 0.457. The summed E-state index contributed by atoms with van der Waals surface area (Å²) in [5, 5.41) is 2.51. The second-order valence-electron chi connectivity index (χ2n) is 2.21. The van der Waals surface area contributed by atoms with Crippen molar-refractivity contribution < 1.29 is 9.53 Å². The van der Waals surface area contributed by atoms with Gasteiger partial charge in [-0.15, -0.1) is 0 Å². The molecule has 0 aliphatic rings. The van der Waals surface area contributed by atoms with Crippen LogP contribution in [-0.4, -0.2) is 12.7 Å². The Bertz CT molecular complexity index is 152. The third kappa shape index (κ3) is 5.45. The number of carbonyl (C=O) groups excluding carboxylic acids is 1. The first-order valence-electron chi connectivity index (χ1n) is 3.79. The maximum absolute atomic E-state index is 10.7. The van der Waals surface area contributed by atoms with Crippen LogP contribution in [0.25, 0.3) is 0 Å². The van der Waals surface area contributed by atoms with Crippen LogP contribution >= 0.6 is 0 Å². The Balaban J connectivity index is 3.60. The summed E-state index contributed by atoms with van der Waals surface area (Å²) in [6.45, 7) is 6.16. The minimum atomic E-state index is -0.389. The van der Waals surface area contributed by atoms with E-state index in [4.69, 9.17) is 0 Å². The zero-order valence-electron chi connectivity index (χ0n) is 7.31. The van der Waals surface area contributed by atoms with Crippen LogP contribution in [0.15, 0.2) is 11.8 Å². The Morgan fingerprint density at radius 2 is 2.18 bits per heavy atom. The van der Waals surface area contributed by atoms with Crippen LogP contribution in [0, 0.1) is 0 Å². The summed E-state index contributed by atoms with van der Waals surface area (Å²) >= 11 is 0. The molecule has 11 heavy (non-hydrogen) atoms. The molecule has 0 bridgehead atoms. The van der Waals surface area contributed by atoms with Crippen molar-refractivity contribution >= 4 is 6.09 Å². The van der Waals surface area contributed by atoms with Crippen LogP contribution in [0.1, 0.15) is 27.2 Å². The molecule has 3 heteroatoms. The zero-order chi connectivity index (χ0) is 8.69. The topological polar surface area (TPSA) is 38.3 Å². The van der Waals surface area contributed by atoms with E-state index >= 15 is 0 Å². The van der Waals surface area contributed by atoms with E-state index in [0.29, 0.717) is 6.61 Å². The molecule has 0 aromatic heterocycles. The van der Waals surface area contributed by atoms with Crippen LogP contribution in [-0.2, 0) is 4.74 Å². The van der Waals surface area contributed by atoms with Gasteiger partial charge >= 0.3 is 6.09 Å². The first kappa shape index (κ1) is 10.0. The van der Waals surface area contributed by atoms with Gasteiger partial charge in [-0.3, -0.25) is 5.32 Å². The van der Waals surface area contributed by atoms with Gasteiger partial charge in [0.15, 0.2) is 0 Å². The van der Waals surface area contributed by atoms with Crippen LogP contribution < -0.4 is 5.32 Å². The van der Waals surface area contributed by atoms with Gasteiger partial charge in [-0.2, -0.15) is 0 Å². The quantitative estimate of drug-likeness (QED) is 0.680. The maximum Gasteiger partial charge on any atom is 0.411 e. The first-order valence-corrected chi connectivity index (χ1v) is 3.79. The Morgan fingerprint density at radius 1 is 1.55 bits per heavy atom. The molecule has 0 radical (unpaired) electrons. The maximum atomic E-state index is 10.7. The number of amides is 1. The number of rotatable bonds is 3. The molecule has 0 aliphatic carbocycles. The average Bonchev–Trinajstić information content (AvgIpc) is 2.01. The lowest BCUT2D eigenvalue weighted by Crippen LogP contribution is -2.18. The molecule has 0 fully saturated rings. The van der Waals surface area contributed by atoms with Gasteiger partial charge in [-0.1, -0.05) is 12.5 Å². The van der Waals surface area contributed by atoms with Gasteiger partial charge < -0.3 is 4.74 Å². The van der Waals surface area contributed by atoms with Crippen molar-refractivity contribution in [2.24, 2.45) is 0 Å². The smallest absolute Gasteiger partial charge is 0.411 e. The minimum Gasteiger partial charge on any atom is -0.450 e. The van der Waals surface area contributed by atoms with E-state index in [1.54, 1.807) is 13.1 Å². The molecule has 0 unspecified atom stereocenters. The molecule has 0 spiro atoms. The van der Waals surface area contributed by atoms with Crippen molar-refractivity contribution in [3.63, 3.8) is 0 Å². The highest BCUT2D eigenvalue weighted by Gasteiger charge is 1.94. The summed E-state index contributed by atoms with van der Waals surface area (Å²) in [5.74, 6) is 0. The van der Waals surface area contributed by atoms with Crippen molar-refractivity contribution in [2.45, 2.75) is 27.2 Å². The summed E-state index contributed by atoms with van der Waals surface area (Å²) < 4.78 is 4.64. The second-order valence-corrected chi connectivity index (χ2v) is 2.21. The van der Waals surface area contributed by atoms with Crippen LogP contribution in [0.5, 0.6) is 0 Å². The highest BCUT2D eigenvalue weighted by atomic mass is 16.5. The molecule has 64 valence electrons. The van der Waals surface area contributed by atoms with E-state index < -0.39 is 0 Å². The second kappa shape index (κ2) is 5.77. The number of hydrogen-bond donors (Lipinski definition) is 1. The SMILES string of the molecule is CCOC(=O)N/C=C(/C)CC. The van der Waals surface area contributed by atoms with E-state index in [9.17, 15) is 4.79 Å². The molecule has 0 heterocycles.